The van der Waals surface area contributed by atoms with Crippen molar-refractivity contribution in [1.29, 1.82) is 0 Å². The van der Waals surface area contributed by atoms with E-state index in [0.29, 0.717) is 6.04 Å². The molecular formula is C15H17F3N2. The number of nitrogens with zero attached hydrogens (tertiary/aromatic N) is 1. The van der Waals surface area contributed by atoms with Crippen LogP contribution in [-0.4, -0.2) is 16.8 Å². The van der Waals surface area contributed by atoms with Gasteiger partial charge in [0.1, 0.15) is 0 Å². The maximum absolute atomic E-state index is 12.3. The van der Waals surface area contributed by atoms with Crippen molar-refractivity contribution in [3.8, 4) is 0 Å². The van der Waals surface area contributed by atoms with Gasteiger partial charge < -0.3 is 9.88 Å². The standard InChI is InChI=1S/C15H17F3N2/c16-15(17,18)6-8-20-7-5-12-9-11(1-4-14(12)20)10-19-13-2-3-13/h1,4-5,7,9,13,19H,2-3,6,8,10H2. The van der Waals surface area contributed by atoms with E-state index in [1.807, 2.05) is 18.2 Å². The van der Waals surface area contributed by atoms with Crippen LogP contribution in [-0.2, 0) is 13.1 Å². The van der Waals surface area contributed by atoms with E-state index in [1.165, 1.54) is 18.4 Å². The van der Waals surface area contributed by atoms with Crippen LogP contribution in [0.4, 0.5) is 13.2 Å². The number of alkyl halides is 3. The first kappa shape index (κ1) is 13.5. The molecule has 1 aromatic carbocycles. The highest BCUT2D eigenvalue weighted by Crippen LogP contribution is 2.24. The van der Waals surface area contributed by atoms with Gasteiger partial charge in [0.2, 0.25) is 0 Å². The van der Waals surface area contributed by atoms with Crippen molar-refractivity contribution < 1.29 is 13.2 Å². The number of fused-ring (bicyclic) bond motifs is 1. The van der Waals surface area contributed by atoms with Crippen molar-refractivity contribution in [2.75, 3.05) is 0 Å². The molecule has 1 saturated carbocycles. The molecule has 1 aromatic heterocycles. The molecule has 0 unspecified atom stereocenters. The van der Waals surface area contributed by atoms with Gasteiger partial charge in [-0.15, -0.1) is 0 Å². The molecular weight excluding hydrogens is 265 g/mol. The third-order valence-corrected chi connectivity index (χ3v) is 3.64. The second kappa shape index (κ2) is 5.13. The molecule has 20 heavy (non-hydrogen) atoms. The Morgan fingerprint density at radius 2 is 2.00 bits per heavy atom. The minimum atomic E-state index is -4.11. The van der Waals surface area contributed by atoms with Crippen LogP contribution in [0.25, 0.3) is 10.9 Å². The summed E-state index contributed by atoms with van der Waals surface area (Å²) >= 11 is 0. The highest BCUT2D eigenvalue weighted by Gasteiger charge is 2.26. The van der Waals surface area contributed by atoms with Crippen LogP contribution < -0.4 is 5.32 Å². The zero-order valence-corrected chi connectivity index (χ0v) is 11.1. The Kier molecular flexibility index (Phi) is 3.46. The third-order valence-electron chi connectivity index (χ3n) is 3.64. The van der Waals surface area contributed by atoms with Gasteiger partial charge in [-0.25, -0.2) is 0 Å². The number of hydrogen-bond acceptors (Lipinski definition) is 1. The van der Waals surface area contributed by atoms with Crippen molar-refractivity contribution in [2.45, 2.75) is 44.6 Å². The van der Waals surface area contributed by atoms with Gasteiger partial charge in [0, 0.05) is 30.8 Å². The maximum atomic E-state index is 12.3. The SMILES string of the molecule is FC(F)(F)CCn1ccc2cc(CNC3CC3)ccc21. The van der Waals surface area contributed by atoms with E-state index in [1.54, 1.807) is 10.8 Å². The second-order valence-corrected chi connectivity index (χ2v) is 5.42. The van der Waals surface area contributed by atoms with Crippen molar-refractivity contribution in [1.82, 2.24) is 9.88 Å². The van der Waals surface area contributed by atoms with Crippen LogP contribution in [0.2, 0.25) is 0 Å². The summed E-state index contributed by atoms with van der Waals surface area (Å²) < 4.78 is 38.5. The zero-order chi connectivity index (χ0) is 14.2. The fourth-order valence-corrected chi connectivity index (χ4v) is 2.35. The van der Waals surface area contributed by atoms with E-state index >= 15 is 0 Å². The normalized spacial score (nSPS) is 15.9. The fourth-order valence-electron chi connectivity index (χ4n) is 2.35. The van der Waals surface area contributed by atoms with E-state index < -0.39 is 12.6 Å². The van der Waals surface area contributed by atoms with Crippen molar-refractivity contribution in [2.24, 2.45) is 0 Å². The van der Waals surface area contributed by atoms with E-state index in [2.05, 4.69) is 11.4 Å². The number of benzene rings is 1. The average Bonchev–Trinajstić information content (AvgIpc) is 3.13. The molecule has 1 fully saturated rings. The van der Waals surface area contributed by atoms with Crippen LogP contribution in [0.5, 0.6) is 0 Å². The van der Waals surface area contributed by atoms with E-state index in [-0.39, 0.29) is 6.54 Å². The smallest absolute Gasteiger partial charge is 0.347 e. The van der Waals surface area contributed by atoms with Crippen molar-refractivity contribution in [3.63, 3.8) is 0 Å². The Morgan fingerprint density at radius 3 is 2.70 bits per heavy atom. The first-order valence-corrected chi connectivity index (χ1v) is 6.89. The summed E-state index contributed by atoms with van der Waals surface area (Å²) in [6, 6.07) is 8.49. The number of rotatable bonds is 5. The van der Waals surface area contributed by atoms with Gasteiger partial charge in [0.15, 0.2) is 0 Å². The summed E-state index contributed by atoms with van der Waals surface area (Å²) in [5.41, 5.74) is 2.04. The molecule has 1 heterocycles. The molecule has 0 atom stereocenters. The summed E-state index contributed by atoms with van der Waals surface area (Å²) in [5.74, 6) is 0. The van der Waals surface area contributed by atoms with Gasteiger partial charge in [-0.1, -0.05) is 6.07 Å². The monoisotopic (exact) mass is 282 g/mol. The molecule has 2 nitrogen and oxygen atoms in total. The highest BCUT2D eigenvalue weighted by molar-refractivity contribution is 5.80. The number of hydrogen-bond donors (Lipinski definition) is 1. The molecule has 2 aromatic rings. The summed E-state index contributed by atoms with van der Waals surface area (Å²) in [4.78, 5) is 0. The quantitative estimate of drug-likeness (QED) is 0.881. The summed E-state index contributed by atoms with van der Waals surface area (Å²) in [6.07, 6.45) is -0.673. The molecule has 0 amide bonds. The lowest BCUT2D eigenvalue weighted by Crippen LogP contribution is -2.15. The average molecular weight is 282 g/mol. The molecule has 0 aliphatic heterocycles. The minimum absolute atomic E-state index is 0.0212. The summed E-state index contributed by atoms with van der Waals surface area (Å²) in [5, 5.41) is 4.44. The van der Waals surface area contributed by atoms with Crippen LogP contribution in [0.15, 0.2) is 30.5 Å². The lowest BCUT2D eigenvalue weighted by atomic mass is 10.1. The molecule has 0 spiro atoms. The Morgan fingerprint density at radius 1 is 1.20 bits per heavy atom. The van der Waals surface area contributed by atoms with Gasteiger partial charge in [-0.3, -0.25) is 0 Å². The van der Waals surface area contributed by atoms with Crippen LogP contribution >= 0.6 is 0 Å². The number of aromatic nitrogens is 1. The van der Waals surface area contributed by atoms with Gasteiger partial charge in [-0.05, 0) is 42.0 Å². The molecule has 1 aliphatic rings. The predicted molar refractivity (Wildman–Crippen MR) is 72.5 cm³/mol. The summed E-state index contributed by atoms with van der Waals surface area (Å²) in [6.45, 7) is 0.807. The molecule has 5 heteroatoms. The van der Waals surface area contributed by atoms with Gasteiger partial charge in [0.25, 0.3) is 0 Å². The van der Waals surface area contributed by atoms with Gasteiger partial charge >= 0.3 is 6.18 Å². The zero-order valence-electron chi connectivity index (χ0n) is 11.1. The van der Waals surface area contributed by atoms with Crippen LogP contribution in [0.1, 0.15) is 24.8 Å². The van der Waals surface area contributed by atoms with Crippen LogP contribution in [0.3, 0.4) is 0 Å². The lowest BCUT2D eigenvalue weighted by Gasteiger charge is -2.09. The second-order valence-electron chi connectivity index (χ2n) is 5.42. The topological polar surface area (TPSA) is 17.0 Å². The largest absolute Gasteiger partial charge is 0.390 e. The van der Waals surface area contributed by atoms with Gasteiger partial charge in [0.05, 0.1) is 6.42 Å². The van der Waals surface area contributed by atoms with E-state index in [4.69, 9.17) is 0 Å². The Hall–Kier alpha value is -1.49. The fraction of sp³-hybridized carbons (Fsp3) is 0.467. The molecule has 1 N–H and O–H groups in total. The number of halogens is 3. The van der Waals surface area contributed by atoms with Crippen LogP contribution in [0, 0.1) is 0 Å². The third kappa shape index (κ3) is 3.33. The Bertz CT molecular complexity index is 597. The molecule has 0 radical (unpaired) electrons. The molecule has 108 valence electrons. The van der Waals surface area contributed by atoms with Crippen molar-refractivity contribution >= 4 is 10.9 Å². The maximum Gasteiger partial charge on any atom is 0.390 e. The summed E-state index contributed by atoms with van der Waals surface area (Å²) in [7, 11) is 0. The first-order valence-electron chi connectivity index (χ1n) is 6.89. The molecule has 1 aliphatic carbocycles. The molecule has 3 rings (SSSR count). The van der Waals surface area contributed by atoms with Gasteiger partial charge in [-0.2, -0.15) is 13.2 Å². The lowest BCUT2D eigenvalue weighted by molar-refractivity contribution is -0.136. The van der Waals surface area contributed by atoms with Crippen molar-refractivity contribution in [3.05, 3.63) is 36.0 Å². The van der Waals surface area contributed by atoms with E-state index in [9.17, 15) is 13.2 Å². The van der Waals surface area contributed by atoms with E-state index in [0.717, 1.165) is 17.4 Å². The molecule has 0 saturated heterocycles. The Labute approximate surface area is 115 Å². The highest BCUT2D eigenvalue weighted by atomic mass is 19.4. The molecule has 0 bridgehead atoms. The minimum Gasteiger partial charge on any atom is -0.347 e. The number of nitrogens with one attached hydrogen (secondary N) is 1. The predicted octanol–water partition coefficient (Wildman–Crippen LogP) is 3.85. The first-order chi connectivity index (χ1) is 9.51. The number of aryl methyl sites for hydroxylation is 1. The Balaban J connectivity index is 1.71.